The highest BCUT2D eigenvalue weighted by atomic mass is 32.3. The topological polar surface area (TPSA) is 54.2 Å². The van der Waals surface area contributed by atoms with Gasteiger partial charge in [0.1, 0.15) is 0 Å². The molecular weight excluding hydrogens is 230 g/mol. The summed E-state index contributed by atoms with van der Waals surface area (Å²) in [6, 6.07) is 0. The lowest BCUT2D eigenvalue weighted by atomic mass is 10.2. The predicted molar refractivity (Wildman–Crippen MR) is 79.6 cm³/mol. The van der Waals surface area contributed by atoms with Crippen LogP contribution in [0.15, 0.2) is 11.2 Å². The summed E-state index contributed by atoms with van der Waals surface area (Å²) in [7, 11) is -0.836. The molecule has 0 aromatic carbocycles. The molecule has 0 radical (unpaired) electrons. The van der Waals surface area contributed by atoms with E-state index < -0.39 is 10.0 Å². The molecular formula is C13H19N3S. The van der Waals surface area contributed by atoms with Gasteiger partial charge in [0.05, 0.1) is 11.9 Å². The third-order valence-electron chi connectivity index (χ3n) is 2.08. The van der Waals surface area contributed by atoms with Crippen LogP contribution in [-0.4, -0.2) is 30.1 Å². The van der Waals surface area contributed by atoms with Gasteiger partial charge in [-0.2, -0.15) is 10.0 Å². The number of aromatic nitrogens is 1. The standard InChI is InChI=1S/C13H19N3S/c1-10-13(11(2)16-9-14)12(8-15-10)6-7-17(3,4)5/h8-9,15H,1H2,2-5H3,(H2,14,16)/b13-11+. The maximum Gasteiger partial charge on any atom is 0.0856 e. The summed E-state index contributed by atoms with van der Waals surface area (Å²) in [5, 5.41) is 5.05. The van der Waals surface area contributed by atoms with Crippen molar-refractivity contribution in [2.24, 2.45) is 10.7 Å². The van der Waals surface area contributed by atoms with Crippen molar-refractivity contribution in [2.75, 3.05) is 18.8 Å². The van der Waals surface area contributed by atoms with Gasteiger partial charge in [-0.05, 0) is 30.9 Å². The Morgan fingerprint density at radius 3 is 2.71 bits per heavy atom. The van der Waals surface area contributed by atoms with E-state index >= 15 is 0 Å². The van der Waals surface area contributed by atoms with Gasteiger partial charge in [0.15, 0.2) is 0 Å². The van der Waals surface area contributed by atoms with Crippen LogP contribution in [0.2, 0.25) is 0 Å². The highest BCUT2D eigenvalue weighted by molar-refractivity contribution is 8.35. The molecule has 0 atom stereocenters. The van der Waals surface area contributed by atoms with E-state index in [-0.39, 0.29) is 0 Å². The number of nitrogens with one attached hydrogen (secondary N) is 1. The number of nitrogens with two attached hydrogens (primary N) is 1. The second-order valence-electron chi connectivity index (χ2n) is 4.48. The minimum atomic E-state index is -0.836. The van der Waals surface area contributed by atoms with Gasteiger partial charge in [-0.1, -0.05) is 12.5 Å². The number of nitrogens with zero attached hydrogens (tertiary/aromatic N) is 1. The van der Waals surface area contributed by atoms with E-state index in [0.717, 1.165) is 21.8 Å². The zero-order valence-corrected chi connectivity index (χ0v) is 11.6. The molecule has 0 bridgehead atoms. The van der Waals surface area contributed by atoms with E-state index in [0.29, 0.717) is 0 Å². The first-order valence-electron chi connectivity index (χ1n) is 5.17. The molecule has 1 aromatic heterocycles. The van der Waals surface area contributed by atoms with E-state index in [1.807, 2.05) is 13.1 Å². The van der Waals surface area contributed by atoms with Crippen LogP contribution in [0.1, 0.15) is 12.5 Å². The molecule has 92 valence electrons. The van der Waals surface area contributed by atoms with Gasteiger partial charge in [-0.25, -0.2) is 4.99 Å². The van der Waals surface area contributed by atoms with Crippen LogP contribution in [-0.2, 0) is 0 Å². The average molecular weight is 249 g/mol. The Bertz CT molecular complexity index is 591. The zero-order valence-electron chi connectivity index (χ0n) is 10.8. The minimum Gasteiger partial charge on any atom is -0.390 e. The van der Waals surface area contributed by atoms with E-state index in [1.165, 1.54) is 6.34 Å². The van der Waals surface area contributed by atoms with Crippen molar-refractivity contribution in [1.82, 2.24) is 4.98 Å². The molecule has 0 amide bonds. The molecule has 1 rings (SSSR count). The van der Waals surface area contributed by atoms with Gasteiger partial charge in [0.2, 0.25) is 0 Å². The van der Waals surface area contributed by atoms with Crippen molar-refractivity contribution in [1.29, 1.82) is 0 Å². The van der Waals surface area contributed by atoms with Crippen LogP contribution >= 0.6 is 10.0 Å². The molecule has 3 N–H and O–H groups in total. The third-order valence-corrected chi connectivity index (χ3v) is 2.80. The average Bonchev–Trinajstić information content (AvgIpc) is 2.56. The number of rotatable bonds is 1. The highest BCUT2D eigenvalue weighted by Crippen LogP contribution is 2.32. The van der Waals surface area contributed by atoms with Crippen LogP contribution in [0.3, 0.4) is 0 Å². The number of aliphatic imine (C=N–C) groups is 1. The monoisotopic (exact) mass is 249 g/mol. The van der Waals surface area contributed by atoms with Crippen molar-refractivity contribution in [2.45, 2.75) is 6.92 Å². The van der Waals surface area contributed by atoms with E-state index in [2.05, 4.69) is 46.5 Å². The summed E-state index contributed by atoms with van der Waals surface area (Å²) in [5.74, 6) is 3.19. The molecule has 1 aromatic rings. The minimum absolute atomic E-state index is 0.821. The molecule has 0 fully saturated rings. The summed E-state index contributed by atoms with van der Waals surface area (Å²) in [4.78, 5) is 7.15. The summed E-state index contributed by atoms with van der Waals surface area (Å²) in [6.45, 7) is 5.84. The molecule has 4 heteroatoms. The molecule has 0 unspecified atom stereocenters. The smallest absolute Gasteiger partial charge is 0.0856 e. The molecule has 0 aliphatic carbocycles. The maximum absolute atomic E-state index is 5.30. The van der Waals surface area contributed by atoms with Crippen LogP contribution in [0.25, 0.3) is 12.3 Å². The zero-order chi connectivity index (χ0) is 13.1. The van der Waals surface area contributed by atoms with Gasteiger partial charge in [-0.3, -0.25) is 0 Å². The fraction of sp³-hybridized carbons (Fsp3) is 0.308. The molecule has 0 saturated heterocycles. The Hall–Kier alpha value is -1.60. The van der Waals surface area contributed by atoms with Crippen molar-refractivity contribution in [3.05, 3.63) is 22.3 Å². The van der Waals surface area contributed by atoms with Crippen LogP contribution in [0, 0.1) is 11.2 Å². The third kappa shape index (κ3) is 3.72. The van der Waals surface area contributed by atoms with Crippen LogP contribution in [0.5, 0.6) is 0 Å². The largest absolute Gasteiger partial charge is 0.390 e. The molecule has 17 heavy (non-hydrogen) atoms. The first-order chi connectivity index (χ1) is 7.85. The van der Waals surface area contributed by atoms with Crippen LogP contribution < -0.4 is 16.3 Å². The number of hydrogen-bond donors (Lipinski definition) is 2. The van der Waals surface area contributed by atoms with Crippen molar-refractivity contribution in [3.8, 4) is 11.2 Å². The second kappa shape index (κ2) is 5.15. The molecule has 0 aliphatic heterocycles. The van der Waals surface area contributed by atoms with Crippen LogP contribution in [0.4, 0.5) is 0 Å². The molecule has 0 saturated carbocycles. The maximum atomic E-state index is 5.30. The Morgan fingerprint density at radius 1 is 1.53 bits per heavy atom. The predicted octanol–water partition coefficient (Wildman–Crippen LogP) is 0.543. The van der Waals surface area contributed by atoms with Crippen molar-refractivity contribution >= 4 is 28.6 Å². The number of hydrogen-bond acceptors (Lipinski definition) is 1. The quantitative estimate of drug-likeness (QED) is 0.426. The lowest BCUT2D eigenvalue weighted by molar-refractivity contribution is 1.31. The fourth-order valence-electron chi connectivity index (χ4n) is 1.36. The molecule has 3 nitrogen and oxygen atoms in total. The molecule has 0 spiro atoms. The lowest BCUT2D eigenvalue weighted by Gasteiger charge is -2.14. The normalized spacial score (nSPS) is 14.4. The Balaban J connectivity index is 3.44. The number of H-pyrrole nitrogens is 1. The summed E-state index contributed by atoms with van der Waals surface area (Å²) < 4.78 is 0. The SMILES string of the molecule is C=c1[nH]cc(C#CS(C)(C)C)/c1=C(\C)N=CN. The summed E-state index contributed by atoms with van der Waals surface area (Å²) in [6.07, 6.45) is 9.63. The van der Waals surface area contributed by atoms with Crippen molar-refractivity contribution in [3.63, 3.8) is 0 Å². The highest BCUT2D eigenvalue weighted by Gasteiger charge is 2.00. The summed E-state index contributed by atoms with van der Waals surface area (Å²) in [5.41, 5.74) is 7.06. The first kappa shape index (κ1) is 13.5. The molecule has 1 heterocycles. The first-order valence-corrected chi connectivity index (χ1v) is 8.03. The lowest BCUT2D eigenvalue weighted by Crippen LogP contribution is -2.24. The summed E-state index contributed by atoms with van der Waals surface area (Å²) >= 11 is 0. The Kier molecular flexibility index (Phi) is 4.08. The Morgan fingerprint density at radius 2 is 2.18 bits per heavy atom. The molecule has 0 aliphatic rings. The van der Waals surface area contributed by atoms with E-state index in [9.17, 15) is 0 Å². The van der Waals surface area contributed by atoms with Gasteiger partial charge in [0.25, 0.3) is 0 Å². The second-order valence-corrected chi connectivity index (χ2v) is 8.36. The van der Waals surface area contributed by atoms with Gasteiger partial charge in [0, 0.05) is 22.5 Å². The number of aromatic amines is 1. The van der Waals surface area contributed by atoms with Gasteiger partial charge < -0.3 is 10.7 Å². The fourth-order valence-corrected chi connectivity index (χ4v) is 1.78. The van der Waals surface area contributed by atoms with Crippen molar-refractivity contribution < 1.29 is 0 Å². The Labute approximate surface area is 104 Å². The van der Waals surface area contributed by atoms with Gasteiger partial charge in [-0.15, -0.1) is 0 Å². The van der Waals surface area contributed by atoms with Gasteiger partial charge >= 0.3 is 0 Å². The van der Waals surface area contributed by atoms with E-state index in [4.69, 9.17) is 5.73 Å². The van der Waals surface area contributed by atoms with E-state index in [1.54, 1.807) is 0 Å².